The van der Waals surface area contributed by atoms with Gasteiger partial charge in [-0.05, 0) is 37.2 Å². The van der Waals surface area contributed by atoms with Gasteiger partial charge in [0.15, 0.2) is 0 Å². The van der Waals surface area contributed by atoms with Crippen molar-refractivity contribution < 1.29 is 4.39 Å². The topological polar surface area (TPSA) is 28.2 Å². The Kier molecular flexibility index (Phi) is 5.28. The molecule has 112 valence electrons. The van der Waals surface area contributed by atoms with Gasteiger partial charge in [0.25, 0.3) is 0 Å². The monoisotopic (exact) mass is 287 g/mol. The molecule has 0 amide bonds. The standard InChI is InChI=1S/C17H22FN3/c1-13(12-21(3)15-7-5-4-6-8-15)17(19-2)16-10-9-14(18)11-20-16/h4-11,13,17,19H,12H2,1-3H3. The van der Waals surface area contributed by atoms with Gasteiger partial charge in [0.1, 0.15) is 5.82 Å². The van der Waals surface area contributed by atoms with Crippen LogP contribution in [0.4, 0.5) is 10.1 Å². The van der Waals surface area contributed by atoms with Crippen molar-refractivity contribution >= 4 is 5.69 Å². The molecule has 0 fully saturated rings. The molecule has 0 saturated carbocycles. The molecule has 0 bridgehead atoms. The molecule has 0 aliphatic heterocycles. The number of halogens is 1. The highest BCUT2D eigenvalue weighted by Gasteiger charge is 2.20. The Morgan fingerprint density at radius 3 is 2.48 bits per heavy atom. The van der Waals surface area contributed by atoms with E-state index in [9.17, 15) is 4.39 Å². The maximum Gasteiger partial charge on any atom is 0.141 e. The number of nitrogens with zero attached hydrogens (tertiary/aromatic N) is 2. The van der Waals surface area contributed by atoms with E-state index in [1.165, 1.54) is 18.0 Å². The lowest BCUT2D eigenvalue weighted by atomic mass is 9.97. The quantitative estimate of drug-likeness (QED) is 0.884. The highest BCUT2D eigenvalue weighted by molar-refractivity contribution is 5.45. The second kappa shape index (κ2) is 7.18. The van der Waals surface area contributed by atoms with Crippen LogP contribution in [0.15, 0.2) is 48.7 Å². The highest BCUT2D eigenvalue weighted by Crippen LogP contribution is 2.22. The van der Waals surface area contributed by atoms with Crippen molar-refractivity contribution in [2.75, 3.05) is 25.5 Å². The molecule has 0 radical (unpaired) electrons. The minimum Gasteiger partial charge on any atom is -0.374 e. The van der Waals surface area contributed by atoms with Crippen molar-refractivity contribution in [1.29, 1.82) is 0 Å². The molecule has 2 rings (SSSR count). The normalized spacial score (nSPS) is 13.7. The summed E-state index contributed by atoms with van der Waals surface area (Å²) in [6, 6.07) is 13.6. The Balaban J connectivity index is 2.06. The van der Waals surface area contributed by atoms with E-state index >= 15 is 0 Å². The average molecular weight is 287 g/mol. The van der Waals surface area contributed by atoms with Crippen LogP contribution >= 0.6 is 0 Å². The van der Waals surface area contributed by atoms with Crippen molar-refractivity contribution in [3.63, 3.8) is 0 Å². The lowest BCUT2D eigenvalue weighted by molar-refractivity contribution is 0.405. The largest absolute Gasteiger partial charge is 0.374 e. The molecule has 1 heterocycles. The van der Waals surface area contributed by atoms with Gasteiger partial charge in [0.05, 0.1) is 17.9 Å². The molecule has 1 N–H and O–H groups in total. The SMILES string of the molecule is CNC(c1ccc(F)cn1)C(C)CN(C)c1ccccc1. The summed E-state index contributed by atoms with van der Waals surface area (Å²) in [5.41, 5.74) is 2.05. The van der Waals surface area contributed by atoms with Gasteiger partial charge in [0.2, 0.25) is 0 Å². The molecule has 2 aromatic rings. The molecule has 3 nitrogen and oxygen atoms in total. The van der Waals surface area contributed by atoms with Crippen LogP contribution in [0.3, 0.4) is 0 Å². The zero-order valence-corrected chi connectivity index (χ0v) is 12.8. The number of rotatable bonds is 6. The van der Waals surface area contributed by atoms with E-state index in [0.29, 0.717) is 5.92 Å². The molecule has 1 aromatic carbocycles. The fraction of sp³-hybridized carbons (Fsp3) is 0.353. The third kappa shape index (κ3) is 4.02. The fourth-order valence-electron chi connectivity index (χ4n) is 2.62. The van der Waals surface area contributed by atoms with E-state index in [0.717, 1.165) is 12.2 Å². The Morgan fingerprint density at radius 2 is 1.90 bits per heavy atom. The van der Waals surface area contributed by atoms with Crippen molar-refractivity contribution in [3.05, 3.63) is 60.2 Å². The number of pyridine rings is 1. The van der Waals surface area contributed by atoms with Crippen LogP contribution < -0.4 is 10.2 Å². The number of benzene rings is 1. The van der Waals surface area contributed by atoms with Crippen LogP contribution in [0.2, 0.25) is 0 Å². The summed E-state index contributed by atoms with van der Waals surface area (Å²) in [5, 5.41) is 3.28. The van der Waals surface area contributed by atoms with Crippen molar-refractivity contribution in [2.45, 2.75) is 13.0 Å². The first-order chi connectivity index (χ1) is 10.1. The van der Waals surface area contributed by atoms with Crippen molar-refractivity contribution in [3.8, 4) is 0 Å². The third-order valence-electron chi connectivity index (χ3n) is 3.71. The Hall–Kier alpha value is -1.94. The minimum atomic E-state index is -0.303. The number of nitrogens with one attached hydrogen (secondary N) is 1. The van der Waals surface area contributed by atoms with Gasteiger partial charge >= 0.3 is 0 Å². The molecule has 1 aromatic heterocycles. The summed E-state index contributed by atoms with van der Waals surface area (Å²) in [6.45, 7) is 3.06. The van der Waals surface area contributed by atoms with Gasteiger partial charge < -0.3 is 10.2 Å². The third-order valence-corrected chi connectivity index (χ3v) is 3.71. The van der Waals surface area contributed by atoms with Crippen LogP contribution in [0.5, 0.6) is 0 Å². The highest BCUT2D eigenvalue weighted by atomic mass is 19.1. The maximum atomic E-state index is 13.0. The first-order valence-corrected chi connectivity index (χ1v) is 7.16. The molecule has 0 aliphatic carbocycles. The lowest BCUT2D eigenvalue weighted by Gasteiger charge is -2.29. The molecule has 21 heavy (non-hydrogen) atoms. The van der Waals surface area contributed by atoms with E-state index in [1.54, 1.807) is 6.07 Å². The second-order valence-electron chi connectivity index (χ2n) is 5.36. The summed E-state index contributed by atoms with van der Waals surface area (Å²) in [4.78, 5) is 6.42. The summed E-state index contributed by atoms with van der Waals surface area (Å²) in [5.74, 6) is 0.0285. The molecular weight excluding hydrogens is 265 g/mol. The van der Waals surface area contributed by atoms with Crippen LogP contribution in [0.1, 0.15) is 18.7 Å². The predicted molar refractivity (Wildman–Crippen MR) is 84.9 cm³/mol. The van der Waals surface area contributed by atoms with Crippen molar-refractivity contribution in [2.24, 2.45) is 5.92 Å². The average Bonchev–Trinajstić information content (AvgIpc) is 2.50. The van der Waals surface area contributed by atoms with Gasteiger partial charge in [-0.2, -0.15) is 0 Å². The molecule has 2 unspecified atom stereocenters. The molecule has 2 atom stereocenters. The smallest absolute Gasteiger partial charge is 0.141 e. The molecule has 0 aliphatic rings. The van der Waals surface area contributed by atoms with Crippen LogP contribution in [-0.4, -0.2) is 25.6 Å². The summed E-state index contributed by atoms with van der Waals surface area (Å²) in [6.07, 6.45) is 1.27. The second-order valence-corrected chi connectivity index (χ2v) is 5.36. The summed E-state index contributed by atoms with van der Waals surface area (Å²) in [7, 11) is 3.99. The van der Waals surface area contributed by atoms with E-state index in [4.69, 9.17) is 0 Å². The van der Waals surface area contributed by atoms with E-state index in [-0.39, 0.29) is 11.9 Å². The lowest BCUT2D eigenvalue weighted by Crippen LogP contribution is -2.33. The first kappa shape index (κ1) is 15.4. The zero-order valence-electron chi connectivity index (χ0n) is 12.8. The Bertz CT molecular complexity index is 542. The Labute approximate surface area is 125 Å². The van der Waals surface area contributed by atoms with E-state index in [2.05, 4.69) is 41.3 Å². The summed E-state index contributed by atoms with van der Waals surface area (Å²) >= 11 is 0. The van der Waals surface area contributed by atoms with Crippen molar-refractivity contribution in [1.82, 2.24) is 10.3 Å². The predicted octanol–water partition coefficient (Wildman–Crippen LogP) is 3.25. The van der Waals surface area contributed by atoms with Crippen LogP contribution in [-0.2, 0) is 0 Å². The first-order valence-electron chi connectivity index (χ1n) is 7.16. The zero-order chi connectivity index (χ0) is 15.2. The van der Waals surface area contributed by atoms with Gasteiger partial charge in [-0.1, -0.05) is 25.1 Å². The molecule has 4 heteroatoms. The molecule has 0 saturated heterocycles. The van der Waals surface area contributed by atoms with Gasteiger partial charge in [0, 0.05) is 19.3 Å². The summed E-state index contributed by atoms with van der Waals surface area (Å²) < 4.78 is 13.0. The number of hydrogen-bond donors (Lipinski definition) is 1. The van der Waals surface area contributed by atoms with Gasteiger partial charge in [-0.25, -0.2) is 4.39 Å². The number of anilines is 1. The Morgan fingerprint density at radius 1 is 1.19 bits per heavy atom. The number of aromatic nitrogens is 1. The fourth-order valence-corrected chi connectivity index (χ4v) is 2.62. The van der Waals surface area contributed by atoms with Gasteiger partial charge in [-0.15, -0.1) is 0 Å². The number of para-hydroxylation sites is 1. The van der Waals surface area contributed by atoms with Crippen LogP contribution in [0, 0.1) is 11.7 Å². The molecular formula is C17H22FN3. The molecule has 0 spiro atoms. The minimum absolute atomic E-state index is 0.0942. The maximum absolute atomic E-state index is 13.0. The van der Waals surface area contributed by atoms with Crippen LogP contribution in [0.25, 0.3) is 0 Å². The van der Waals surface area contributed by atoms with Gasteiger partial charge in [-0.3, -0.25) is 4.98 Å². The van der Waals surface area contributed by atoms with E-state index in [1.807, 2.05) is 25.2 Å². The number of hydrogen-bond acceptors (Lipinski definition) is 3. The van der Waals surface area contributed by atoms with E-state index < -0.39 is 0 Å².